The van der Waals surface area contributed by atoms with Gasteiger partial charge in [0, 0.05) is 19.6 Å². The fraction of sp³-hybridized carbons (Fsp3) is 0.455. The largest absolute Gasteiger partial charge is 0.481 e. The van der Waals surface area contributed by atoms with E-state index in [-0.39, 0.29) is 12.5 Å². The van der Waals surface area contributed by atoms with Crippen molar-refractivity contribution in [2.45, 2.75) is 24.7 Å². The molecule has 1 N–H and O–H groups in total. The van der Waals surface area contributed by atoms with Crippen molar-refractivity contribution >= 4 is 0 Å². The Morgan fingerprint density at radius 2 is 1.72 bits per heavy atom. The van der Waals surface area contributed by atoms with Crippen molar-refractivity contribution < 1.29 is 32.1 Å². The van der Waals surface area contributed by atoms with Gasteiger partial charge in [-0.3, -0.25) is 0 Å². The molecule has 0 aliphatic heterocycles. The minimum atomic E-state index is -1.61. The molecule has 1 saturated carbocycles. The lowest BCUT2D eigenvalue weighted by Crippen LogP contribution is -2.54. The van der Waals surface area contributed by atoms with Gasteiger partial charge in [0.15, 0.2) is 17.4 Å². The monoisotopic (exact) mass is 266 g/mol. The lowest BCUT2D eigenvalue weighted by atomic mass is 9.88. The van der Waals surface area contributed by atoms with Gasteiger partial charge in [-0.1, -0.05) is 0 Å². The quantitative estimate of drug-likeness (QED) is 0.669. The summed E-state index contributed by atoms with van der Waals surface area (Å²) in [6.45, 7) is 0. The molecule has 1 aliphatic carbocycles. The standard InChI is InChI=1S/C11H10F4O3/c1-17-10-6(16)3-7(10)18-11-8(14)4(12)2-5(13)9(11)15/h2,6-7,10,16H,3H2,1H3. The van der Waals surface area contributed by atoms with Crippen molar-refractivity contribution in [1.82, 2.24) is 0 Å². The van der Waals surface area contributed by atoms with Crippen molar-refractivity contribution in [2.75, 3.05) is 7.11 Å². The molecule has 0 saturated heterocycles. The molecule has 1 aliphatic rings. The summed E-state index contributed by atoms with van der Waals surface area (Å²) in [4.78, 5) is 0. The second kappa shape index (κ2) is 4.74. The van der Waals surface area contributed by atoms with Crippen LogP contribution in [0, 0.1) is 23.3 Å². The average molecular weight is 266 g/mol. The molecule has 1 aromatic carbocycles. The molecular formula is C11H10F4O3. The predicted octanol–water partition coefficient (Wildman–Crippen LogP) is 1.77. The van der Waals surface area contributed by atoms with E-state index in [0.29, 0.717) is 0 Å². The fourth-order valence-corrected chi connectivity index (χ4v) is 1.79. The highest BCUT2D eigenvalue weighted by molar-refractivity contribution is 5.29. The van der Waals surface area contributed by atoms with Gasteiger partial charge in [0.25, 0.3) is 0 Å². The van der Waals surface area contributed by atoms with Gasteiger partial charge in [-0.2, -0.15) is 8.78 Å². The molecule has 2 rings (SSSR count). The SMILES string of the molecule is COC1C(O)CC1Oc1c(F)c(F)cc(F)c1F. The van der Waals surface area contributed by atoms with Crippen molar-refractivity contribution in [3.05, 3.63) is 29.3 Å². The van der Waals surface area contributed by atoms with Crippen LogP contribution in [0.3, 0.4) is 0 Å². The minimum Gasteiger partial charge on any atom is -0.481 e. The number of aliphatic hydroxyl groups is 1. The van der Waals surface area contributed by atoms with Crippen LogP contribution in [0.15, 0.2) is 6.07 Å². The van der Waals surface area contributed by atoms with Gasteiger partial charge in [-0.05, 0) is 0 Å². The minimum absolute atomic E-state index is 0.0650. The van der Waals surface area contributed by atoms with Gasteiger partial charge in [-0.25, -0.2) is 8.78 Å². The zero-order chi connectivity index (χ0) is 13.4. The van der Waals surface area contributed by atoms with Crippen molar-refractivity contribution in [3.63, 3.8) is 0 Å². The highest BCUT2D eigenvalue weighted by Crippen LogP contribution is 2.33. The van der Waals surface area contributed by atoms with Crippen LogP contribution >= 0.6 is 0 Å². The molecule has 0 bridgehead atoms. The van der Waals surface area contributed by atoms with Crippen LogP contribution in [0.1, 0.15) is 6.42 Å². The molecule has 0 radical (unpaired) electrons. The van der Waals surface area contributed by atoms with E-state index in [1.165, 1.54) is 7.11 Å². The topological polar surface area (TPSA) is 38.7 Å². The van der Waals surface area contributed by atoms with E-state index in [0.717, 1.165) is 0 Å². The number of hydrogen-bond donors (Lipinski definition) is 1. The Bertz CT molecular complexity index is 440. The molecule has 0 heterocycles. The van der Waals surface area contributed by atoms with Gasteiger partial charge in [0.05, 0.1) is 6.10 Å². The summed E-state index contributed by atoms with van der Waals surface area (Å²) in [5, 5.41) is 9.26. The van der Waals surface area contributed by atoms with Gasteiger partial charge in [0.2, 0.25) is 11.6 Å². The van der Waals surface area contributed by atoms with Crippen LogP contribution in [0.4, 0.5) is 17.6 Å². The number of rotatable bonds is 3. The van der Waals surface area contributed by atoms with Crippen LogP contribution in [0.25, 0.3) is 0 Å². The molecule has 3 unspecified atom stereocenters. The third-order valence-corrected chi connectivity index (χ3v) is 2.83. The van der Waals surface area contributed by atoms with E-state index < -0.39 is 47.3 Å². The van der Waals surface area contributed by atoms with Crippen molar-refractivity contribution in [3.8, 4) is 5.75 Å². The van der Waals surface area contributed by atoms with Gasteiger partial charge < -0.3 is 14.6 Å². The maximum Gasteiger partial charge on any atom is 0.203 e. The number of halogens is 4. The summed E-state index contributed by atoms with van der Waals surface area (Å²) in [6, 6.07) is 0.0982. The zero-order valence-electron chi connectivity index (χ0n) is 9.29. The third-order valence-electron chi connectivity index (χ3n) is 2.83. The molecule has 0 spiro atoms. The van der Waals surface area contributed by atoms with Gasteiger partial charge in [-0.15, -0.1) is 0 Å². The van der Waals surface area contributed by atoms with Gasteiger partial charge in [0.1, 0.15) is 12.2 Å². The second-order valence-corrected chi connectivity index (χ2v) is 3.96. The van der Waals surface area contributed by atoms with Crippen molar-refractivity contribution in [1.29, 1.82) is 0 Å². The number of ether oxygens (including phenoxy) is 2. The normalized spacial score (nSPS) is 26.9. The third kappa shape index (κ3) is 2.04. The lowest BCUT2D eigenvalue weighted by Gasteiger charge is -2.39. The lowest BCUT2D eigenvalue weighted by molar-refractivity contribution is -0.150. The Hall–Kier alpha value is -1.34. The first-order valence-electron chi connectivity index (χ1n) is 5.16. The first kappa shape index (κ1) is 13.1. The number of hydrogen-bond acceptors (Lipinski definition) is 3. The van der Waals surface area contributed by atoms with E-state index in [4.69, 9.17) is 9.47 Å². The molecule has 1 aromatic rings. The second-order valence-electron chi connectivity index (χ2n) is 3.96. The fourth-order valence-electron chi connectivity index (χ4n) is 1.79. The Morgan fingerprint density at radius 1 is 1.17 bits per heavy atom. The molecule has 7 heteroatoms. The molecule has 1 fully saturated rings. The number of aliphatic hydroxyl groups excluding tert-OH is 1. The number of methoxy groups -OCH3 is 1. The first-order valence-corrected chi connectivity index (χ1v) is 5.16. The van der Waals surface area contributed by atoms with Crippen LogP contribution in [0.2, 0.25) is 0 Å². The van der Waals surface area contributed by atoms with Crippen LogP contribution < -0.4 is 4.74 Å². The predicted molar refractivity (Wildman–Crippen MR) is 52.1 cm³/mol. The summed E-state index contributed by atoms with van der Waals surface area (Å²) in [5.74, 6) is -7.43. The molecule has 0 aromatic heterocycles. The molecule has 3 nitrogen and oxygen atoms in total. The van der Waals surface area contributed by atoms with E-state index in [2.05, 4.69) is 0 Å². The zero-order valence-corrected chi connectivity index (χ0v) is 9.29. The Labute approximate surface area is 99.9 Å². The smallest absolute Gasteiger partial charge is 0.203 e. The van der Waals surface area contributed by atoms with Crippen LogP contribution in [0.5, 0.6) is 5.75 Å². The molecule has 100 valence electrons. The van der Waals surface area contributed by atoms with Crippen molar-refractivity contribution in [2.24, 2.45) is 0 Å². The van der Waals surface area contributed by atoms with E-state index in [1.54, 1.807) is 0 Å². The summed E-state index contributed by atoms with van der Waals surface area (Å²) in [5.41, 5.74) is 0. The average Bonchev–Trinajstić information content (AvgIpc) is 2.31. The Balaban J connectivity index is 2.24. The molecular weight excluding hydrogens is 256 g/mol. The molecule has 3 atom stereocenters. The highest BCUT2D eigenvalue weighted by Gasteiger charge is 2.43. The Morgan fingerprint density at radius 3 is 2.17 bits per heavy atom. The maximum absolute atomic E-state index is 13.3. The van der Waals surface area contributed by atoms with Crippen LogP contribution in [-0.2, 0) is 4.74 Å². The van der Waals surface area contributed by atoms with E-state index >= 15 is 0 Å². The van der Waals surface area contributed by atoms with E-state index in [1.807, 2.05) is 0 Å². The summed E-state index contributed by atoms with van der Waals surface area (Å²) in [7, 11) is 1.28. The maximum atomic E-state index is 13.3. The summed E-state index contributed by atoms with van der Waals surface area (Å²) >= 11 is 0. The highest BCUT2D eigenvalue weighted by atomic mass is 19.2. The molecule has 18 heavy (non-hydrogen) atoms. The first-order chi connectivity index (χ1) is 8.45. The number of benzene rings is 1. The Kier molecular flexibility index (Phi) is 3.45. The summed E-state index contributed by atoms with van der Waals surface area (Å²) in [6.07, 6.45) is -2.40. The summed E-state index contributed by atoms with van der Waals surface area (Å²) < 4.78 is 62.0. The molecule has 0 amide bonds. The van der Waals surface area contributed by atoms with E-state index in [9.17, 15) is 22.7 Å². The van der Waals surface area contributed by atoms with Gasteiger partial charge >= 0.3 is 0 Å². The van der Waals surface area contributed by atoms with Crippen LogP contribution in [-0.4, -0.2) is 30.5 Å².